The SMILES string of the molecule is O=C(Nc1c(Cl)cccc1Cl)c1cccc(CN2CCOCC2)c1. The van der Waals surface area contributed by atoms with Crippen molar-refractivity contribution in [1.82, 2.24) is 4.90 Å². The van der Waals surface area contributed by atoms with Crippen LogP contribution in [0, 0.1) is 0 Å². The zero-order chi connectivity index (χ0) is 16.9. The first kappa shape index (κ1) is 17.2. The third kappa shape index (κ3) is 4.28. The second-order valence-electron chi connectivity index (χ2n) is 5.64. The highest BCUT2D eigenvalue weighted by Crippen LogP contribution is 2.30. The summed E-state index contributed by atoms with van der Waals surface area (Å²) in [5.41, 5.74) is 2.11. The normalized spacial score (nSPS) is 15.2. The molecule has 1 N–H and O–H groups in total. The second-order valence-corrected chi connectivity index (χ2v) is 6.45. The summed E-state index contributed by atoms with van der Waals surface area (Å²) in [5, 5.41) is 3.62. The molecule has 0 radical (unpaired) electrons. The largest absolute Gasteiger partial charge is 0.379 e. The fourth-order valence-electron chi connectivity index (χ4n) is 2.63. The van der Waals surface area contributed by atoms with E-state index in [1.54, 1.807) is 24.3 Å². The van der Waals surface area contributed by atoms with E-state index in [1.807, 2.05) is 18.2 Å². The summed E-state index contributed by atoms with van der Waals surface area (Å²) in [5.74, 6) is -0.228. The highest BCUT2D eigenvalue weighted by molar-refractivity contribution is 6.40. The Morgan fingerprint density at radius 3 is 2.46 bits per heavy atom. The van der Waals surface area contributed by atoms with Gasteiger partial charge in [-0.1, -0.05) is 41.4 Å². The number of benzene rings is 2. The van der Waals surface area contributed by atoms with Crippen molar-refractivity contribution in [1.29, 1.82) is 0 Å². The predicted octanol–water partition coefficient (Wildman–Crippen LogP) is 4.08. The van der Waals surface area contributed by atoms with E-state index in [1.165, 1.54) is 0 Å². The topological polar surface area (TPSA) is 41.6 Å². The molecular weight excluding hydrogens is 347 g/mol. The molecule has 0 aromatic heterocycles. The number of hydrogen-bond donors (Lipinski definition) is 1. The third-order valence-corrected chi connectivity index (χ3v) is 4.53. The van der Waals surface area contributed by atoms with Crippen molar-refractivity contribution in [2.24, 2.45) is 0 Å². The van der Waals surface area contributed by atoms with Crippen molar-refractivity contribution in [3.05, 3.63) is 63.6 Å². The molecule has 0 aliphatic carbocycles. The molecule has 4 nitrogen and oxygen atoms in total. The van der Waals surface area contributed by atoms with Gasteiger partial charge in [0, 0.05) is 25.2 Å². The Morgan fingerprint density at radius 2 is 1.75 bits per heavy atom. The summed E-state index contributed by atoms with van der Waals surface area (Å²) in [4.78, 5) is 14.8. The number of morpholine rings is 1. The lowest BCUT2D eigenvalue weighted by Gasteiger charge is -2.26. The standard InChI is InChI=1S/C18H18Cl2N2O2/c19-15-5-2-6-16(20)17(15)21-18(23)14-4-1-3-13(11-14)12-22-7-9-24-10-8-22/h1-6,11H,7-10,12H2,(H,21,23). The number of nitrogens with one attached hydrogen (secondary N) is 1. The fraction of sp³-hybridized carbons (Fsp3) is 0.278. The average Bonchev–Trinajstić information content (AvgIpc) is 2.59. The minimum absolute atomic E-state index is 0.228. The first-order valence-corrected chi connectivity index (χ1v) is 8.53. The van der Waals surface area contributed by atoms with E-state index in [2.05, 4.69) is 10.2 Å². The van der Waals surface area contributed by atoms with Crippen LogP contribution in [-0.4, -0.2) is 37.1 Å². The molecule has 0 spiro atoms. The van der Waals surface area contributed by atoms with Crippen molar-refractivity contribution < 1.29 is 9.53 Å². The molecule has 0 atom stereocenters. The number of carbonyl (C=O) groups is 1. The van der Waals surface area contributed by atoms with Crippen LogP contribution in [0.2, 0.25) is 10.0 Å². The Hall–Kier alpha value is -1.59. The van der Waals surface area contributed by atoms with Gasteiger partial charge in [0.05, 0.1) is 28.9 Å². The molecule has 3 rings (SSSR count). The van der Waals surface area contributed by atoms with Gasteiger partial charge in [0.2, 0.25) is 0 Å². The first-order valence-electron chi connectivity index (χ1n) is 7.78. The monoisotopic (exact) mass is 364 g/mol. The molecule has 1 aliphatic rings. The number of rotatable bonds is 4. The molecule has 1 fully saturated rings. The van der Waals surface area contributed by atoms with Crippen LogP contribution in [0.5, 0.6) is 0 Å². The van der Waals surface area contributed by atoms with Gasteiger partial charge in [0.25, 0.3) is 5.91 Å². The number of halogens is 2. The molecule has 24 heavy (non-hydrogen) atoms. The van der Waals surface area contributed by atoms with E-state index in [9.17, 15) is 4.79 Å². The van der Waals surface area contributed by atoms with Gasteiger partial charge in [-0.2, -0.15) is 0 Å². The molecule has 1 aliphatic heterocycles. The zero-order valence-electron chi connectivity index (χ0n) is 13.1. The number of ether oxygens (including phenoxy) is 1. The molecule has 0 unspecified atom stereocenters. The lowest BCUT2D eigenvalue weighted by atomic mass is 10.1. The maximum atomic E-state index is 12.5. The molecule has 1 amide bonds. The van der Waals surface area contributed by atoms with E-state index in [4.69, 9.17) is 27.9 Å². The Kier molecular flexibility index (Phi) is 5.74. The Morgan fingerprint density at radius 1 is 1.08 bits per heavy atom. The Bertz CT molecular complexity index is 710. The Balaban J connectivity index is 1.72. The van der Waals surface area contributed by atoms with Crippen molar-refractivity contribution in [2.75, 3.05) is 31.6 Å². The summed E-state index contributed by atoms with van der Waals surface area (Å²) in [7, 11) is 0. The molecule has 0 bridgehead atoms. The van der Waals surface area contributed by atoms with Gasteiger partial charge in [0.1, 0.15) is 0 Å². The predicted molar refractivity (Wildman–Crippen MR) is 97.0 cm³/mol. The maximum Gasteiger partial charge on any atom is 0.255 e. The lowest BCUT2D eigenvalue weighted by molar-refractivity contribution is 0.0342. The number of anilines is 1. The van der Waals surface area contributed by atoms with E-state index < -0.39 is 0 Å². The smallest absolute Gasteiger partial charge is 0.255 e. The van der Waals surface area contributed by atoms with Crippen LogP contribution in [0.3, 0.4) is 0 Å². The minimum Gasteiger partial charge on any atom is -0.379 e. The molecule has 0 saturated carbocycles. The van der Waals surface area contributed by atoms with Gasteiger partial charge in [-0.15, -0.1) is 0 Å². The highest BCUT2D eigenvalue weighted by Gasteiger charge is 2.14. The Labute approximate surface area is 151 Å². The number of para-hydroxylation sites is 1. The molecular formula is C18H18Cl2N2O2. The van der Waals surface area contributed by atoms with Gasteiger partial charge < -0.3 is 10.1 Å². The van der Waals surface area contributed by atoms with Gasteiger partial charge in [-0.3, -0.25) is 9.69 Å². The highest BCUT2D eigenvalue weighted by atomic mass is 35.5. The van der Waals surface area contributed by atoms with E-state index in [0.29, 0.717) is 21.3 Å². The molecule has 2 aromatic rings. The number of carbonyl (C=O) groups excluding carboxylic acids is 1. The van der Waals surface area contributed by atoms with Crippen molar-refractivity contribution in [2.45, 2.75) is 6.54 Å². The maximum absolute atomic E-state index is 12.5. The van der Waals surface area contributed by atoms with Crippen LogP contribution in [-0.2, 0) is 11.3 Å². The summed E-state index contributed by atoms with van der Waals surface area (Å²) in [6.45, 7) is 4.13. The van der Waals surface area contributed by atoms with Crippen molar-refractivity contribution in [3.63, 3.8) is 0 Å². The molecule has 1 heterocycles. The van der Waals surface area contributed by atoms with Gasteiger partial charge >= 0.3 is 0 Å². The number of amides is 1. The van der Waals surface area contributed by atoms with Crippen LogP contribution >= 0.6 is 23.2 Å². The van der Waals surface area contributed by atoms with E-state index in [-0.39, 0.29) is 5.91 Å². The minimum atomic E-state index is -0.228. The summed E-state index contributed by atoms with van der Waals surface area (Å²) in [6.07, 6.45) is 0. The molecule has 126 valence electrons. The van der Waals surface area contributed by atoms with Gasteiger partial charge in [-0.25, -0.2) is 0 Å². The van der Waals surface area contributed by atoms with Crippen LogP contribution in [0.25, 0.3) is 0 Å². The van der Waals surface area contributed by atoms with Crippen molar-refractivity contribution >= 4 is 34.8 Å². The summed E-state index contributed by atoms with van der Waals surface area (Å²) >= 11 is 12.2. The number of nitrogens with zero attached hydrogens (tertiary/aromatic N) is 1. The quantitative estimate of drug-likeness (QED) is 0.888. The fourth-order valence-corrected chi connectivity index (χ4v) is 3.12. The number of hydrogen-bond acceptors (Lipinski definition) is 3. The van der Waals surface area contributed by atoms with Crippen molar-refractivity contribution in [3.8, 4) is 0 Å². The first-order chi connectivity index (χ1) is 11.6. The van der Waals surface area contributed by atoms with Gasteiger partial charge in [-0.05, 0) is 29.8 Å². The van der Waals surface area contributed by atoms with Crippen LogP contribution in [0.15, 0.2) is 42.5 Å². The second kappa shape index (κ2) is 7.99. The lowest BCUT2D eigenvalue weighted by Crippen LogP contribution is -2.35. The van der Waals surface area contributed by atoms with Crippen LogP contribution in [0.4, 0.5) is 5.69 Å². The molecule has 6 heteroatoms. The van der Waals surface area contributed by atoms with Crippen LogP contribution in [0.1, 0.15) is 15.9 Å². The molecule has 1 saturated heterocycles. The summed E-state index contributed by atoms with van der Waals surface area (Å²) in [6, 6.07) is 12.7. The molecule has 2 aromatic carbocycles. The zero-order valence-corrected chi connectivity index (χ0v) is 14.6. The van der Waals surface area contributed by atoms with E-state index in [0.717, 1.165) is 38.4 Å². The van der Waals surface area contributed by atoms with E-state index >= 15 is 0 Å². The van der Waals surface area contributed by atoms with Gasteiger partial charge in [0.15, 0.2) is 0 Å². The third-order valence-electron chi connectivity index (χ3n) is 3.90. The summed E-state index contributed by atoms with van der Waals surface area (Å²) < 4.78 is 5.36. The average molecular weight is 365 g/mol. The van der Waals surface area contributed by atoms with Crippen LogP contribution < -0.4 is 5.32 Å².